The van der Waals surface area contributed by atoms with Gasteiger partial charge in [0.15, 0.2) is 11.5 Å². The molecule has 1 fully saturated rings. The van der Waals surface area contributed by atoms with E-state index in [-0.39, 0.29) is 30.4 Å². The second-order valence-electron chi connectivity index (χ2n) is 8.82. The summed E-state index contributed by atoms with van der Waals surface area (Å²) in [5.41, 5.74) is 2.82. The third-order valence-electron chi connectivity index (χ3n) is 6.65. The molecule has 2 atom stereocenters. The number of nitrogens with one attached hydrogen (secondary N) is 1. The Balaban J connectivity index is 1.33. The monoisotopic (exact) mass is 472 g/mol. The second-order valence-corrected chi connectivity index (χ2v) is 8.82. The fourth-order valence-electron chi connectivity index (χ4n) is 4.81. The smallest absolute Gasteiger partial charge is 0.231 e. The van der Waals surface area contributed by atoms with Gasteiger partial charge in [0.25, 0.3) is 0 Å². The Labute approximate surface area is 204 Å². The molecule has 1 saturated heterocycles. The number of ether oxygens (including phenoxy) is 3. The number of amides is 2. The fraction of sp³-hybridized carbons (Fsp3) is 0.286. The standard InChI is InChI=1S/C28H28N2O5/c1-33-24-10-6-5-9-21(24)22-16-30(27(31)14-19-7-3-2-4-8-19)17-23(22)28(32)29-15-20-11-12-25-26(13-20)35-18-34-25/h2-13,22-23H,14-18H2,1H3,(H,29,32). The molecule has 0 aliphatic carbocycles. The topological polar surface area (TPSA) is 77.1 Å². The van der Waals surface area contributed by atoms with Crippen LogP contribution in [0.3, 0.4) is 0 Å². The molecule has 0 spiro atoms. The predicted molar refractivity (Wildman–Crippen MR) is 130 cm³/mol. The van der Waals surface area contributed by atoms with Crippen LogP contribution in [0.2, 0.25) is 0 Å². The maximum Gasteiger partial charge on any atom is 0.231 e. The summed E-state index contributed by atoms with van der Waals surface area (Å²) >= 11 is 0. The average Bonchev–Trinajstić information content (AvgIpc) is 3.55. The summed E-state index contributed by atoms with van der Waals surface area (Å²) < 4.78 is 16.4. The van der Waals surface area contributed by atoms with E-state index in [0.717, 1.165) is 22.4 Å². The SMILES string of the molecule is COc1ccccc1C1CN(C(=O)Cc2ccccc2)CC1C(=O)NCc1ccc2c(c1)OCO2. The van der Waals surface area contributed by atoms with E-state index in [1.165, 1.54) is 0 Å². The van der Waals surface area contributed by atoms with Crippen LogP contribution in [-0.2, 0) is 22.6 Å². The third-order valence-corrected chi connectivity index (χ3v) is 6.65. The summed E-state index contributed by atoms with van der Waals surface area (Å²) in [6.07, 6.45) is 0.311. The van der Waals surface area contributed by atoms with E-state index in [4.69, 9.17) is 14.2 Å². The van der Waals surface area contributed by atoms with E-state index in [1.807, 2.05) is 72.8 Å². The molecule has 180 valence electrons. The highest BCUT2D eigenvalue weighted by Crippen LogP contribution is 2.38. The summed E-state index contributed by atoms with van der Waals surface area (Å²) in [7, 11) is 1.63. The van der Waals surface area contributed by atoms with Crippen LogP contribution >= 0.6 is 0 Å². The first kappa shape index (κ1) is 22.8. The minimum Gasteiger partial charge on any atom is -0.496 e. The number of carbonyl (C=O) groups is 2. The van der Waals surface area contributed by atoms with Crippen LogP contribution < -0.4 is 19.5 Å². The predicted octanol–water partition coefficient (Wildman–Crippen LogP) is 3.53. The van der Waals surface area contributed by atoms with Crippen LogP contribution in [0.15, 0.2) is 72.8 Å². The Bertz CT molecular complexity index is 1210. The van der Waals surface area contributed by atoms with Gasteiger partial charge in [0.2, 0.25) is 18.6 Å². The molecule has 7 heteroatoms. The zero-order valence-electron chi connectivity index (χ0n) is 19.6. The Hall–Kier alpha value is -4.00. The van der Waals surface area contributed by atoms with E-state index in [2.05, 4.69) is 5.32 Å². The van der Waals surface area contributed by atoms with Crippen molar-refractivity contribution in [1.82, 2.24) is 10.2 Å². The highest BCUT2D eigenvalue weighted by molar-refractivity contribution is 5.84. The lowest BCUT2D eigenvalue weighted by molar-refractivity contribution is -0.130. The Morgan fingerprint density at radius 3 is 2.54 bits per heavy atom. The lowest BCUT2D eigenvalue weighted by Crippen LogP contribution is -2.35. The molecule has 2 heterocycles. The van der Waals surface area contributed by atoms with Gasteiger partial charge in [-0.3, -0.25) is 9.59 Å². The van der Waals surface area contributed by atoms with Crippen LogP contribution in [0.5, 0.6) is 17.2 Å². The Morgan fingerprint density at radius 1 is 0.943 bits per heavy atom. The van der Waals surface area contributed by atoms with Crippen molar-refractivity contribution in [3.8, 4) is 17.2 Å². The number of hydrogen-bond donors (Lipinski definition) is 1. The molecule has 1 N–H and O–H groups in total. The molecular formula is C28H28N2O5. The van der Waals surface area contributed by atoms with Gasteiger partial charge < -0.3 is 24.4 Å². The van der Waals surface area contributed by atoms with E-state index in [9.17, 15) is 9.59 Å². The van der Waals surface area contributed by atoms with Gasteiger partial charge in [0.05, 0.1) is 19.4 Å². The van der Waals surface area contributed by atoms with Crippen molar-refractivity contribution < 1.29 is 23.8 Å². The number of nitrogens with zero attached hydrogens (tertiary/aromatic N) is 1. The molecule has 0 bridgehead atoms. The maximum absolute atomic E-state index is 13.4. The van der Waals surface area contributed by atoms with Crippen LogP contribution in [0.4, 0.5) is 0 Å². The van der Waals surface area contributed by atoms with Crippen molar-refractivity contribution in [2.45, 2.75) is 18.9 Å². The zero-order valence-corrected chi connectivity index (χ0v) is 19.6. The lowest BCUT2D eigenvalue weighted by atomic mass is 9.87. The highest BCUT2D eigenvalue weighted by Gasteiger charge is 2.41. The number of fused-ring (bicyclic) bond motifs is 1. The maximum atomic E-state index is 13.4. The fourth-order valence-corrected chi connectivity index (χ4v) is 4.81. The summed E-state index contributed by atoms with van der Waals surface area (Å²) in [4.78, 5) is 28.4. The largest absolute Gasteiger partial charge is 0.496 e. The van der Waals surface area contributed by atoms with Gasteiger partial charge in [-0.05, 0) is 34.9 Å². The van der Waals surface area contributed by atoms with Crippen molar-refractivity contribution >= 4 is 11.8 Å². The quantitative estimate of drug-likeness (QED) is 0.569. The average molecular weight is 473 g/mol. The van der Waals surface area contributed by atoms with Gasteiger partial charge in [0.1, 0.15) is 5.75 Å². The molecule has 2 amide bonds. The summed E-state index contributed by atoms with van der Waals surface area (Å²) in [6.45, 7) is 1.40. The van der Waals surface area contributed by atoms with E-state index in [0.29, 0.717) is 37.6 Å². The number of benzene rings is 3. The van der Waals surface area contributed by atoms with Crippen molar-refractivity contribution in [3.63, 3.8) is 0 Å². The molecule has 3 aromatic rings. The van der Waals surface area contributed by atoms with Gasteiger partial charge in [-0.15, -0.1) is 0 Å². The van der Waals surface area contributed by atoms with Crippen LogP contribution in [-0.4, -0.2) is 43.7 Å². The molecule has 5 rings (SSSR count). The first-order valence-electron chi connectivity index (χ1n) is 11.7. The van der Waals surface area contributed by atoms with Crippen LogP contribution in [0, 0.1) is 5.92 Å². The molecule has 2 aliphatic rings. The summed E-state index contributed by atoms with van der Waals surface area (Å²) in [5.74, 6) is 1.49. The van der Waals surface area contributed by atoms with Gasteiger partial charge in [-0.25, -0.2) is 0 Å². The summed E-state index contributed by atoms with van der Waals surface area (Å²) in [6, 6.07) is 23.0. The van der Waals surface area contributed by atoms with Crippen molar-refractivity contribution in [2.75, 3.05) is 27.0 Å². The number of hydrogen-bond acceptors (Lipinski definition) is 5. The molecule has 0 saturated carbocycles. The van der Waals surface area contributed by atoms with Gasteiger partial charge in [-0.2, -0.15) is 0 Å². The zero-order chi connectivity index (χ0) is 24.2. The van der Waals surface area contributed by atoms with Gasteiger partial charge >= 0.3 is 0 Å². The number of methoxy groups -OCH3 is 1. The molecule has 2 aliphatic heterocycles. The van der Waals surface area contributed by atoms with Crippen molar-refractivity contribution in [2.24, 2.45) is 5.92 Å². The van der Waals surface area contributed by atoms with Crippen molar-refractivity contribution in [1.29, 1.82) is 0 Å². The van der Waals surface area contributed by atoms with E-state index < -0.39 is 0 Å². The van der Waals surface area contributed by atoms with Crippen LogP contribution in [0.25, 0.3) is 0 Å². The molecule has 0 aromatic heterocycles. The van der Waals surface area contributed by atoms with Crippen molar-refractivity contribution in [3.05, 3.63) is 89.5 Å². The van der Waals surface area contributed by atoms with E-state index >= 15 is 0 Å². The minimum absolute atomic E-state index is 0.0159. The first-order chi connectivity index (χ1) is 17.1. The van der Waals surface area contributed by atoms with Crippen LogP contribution in [0.1, 0.15) is 22.6 Å². The Kier molecular flexibility index (Phi) is 6.57. The molecule has 2 unspecified atom stereocenters. The second kappa shape index (κ2) is 10.1. The molecule has 0 radical (unpaired) electrons. The minimum atomic E-state index is -0.389. The van der Waals surface area contributed by atoms with Gasteiger partial charge in [0, 0.05) is 25.6 Å². The normalized spacial score (nSPS) is 18.4. The number of likely N-dealkylation sites (tertiary alicyclic amines) is 1. The molecule has 35 heavy (non-hydrogen) atoms. The summed E-state index contributed by atoms with van der Waals surface area (Å²) in [5, 5.41) is 3.06. The van der Waals surface area contributed by atoms with E-state index in [1.54, 1.807) is 12.0 Å². The lowest BCUT2D eigenvalue weighted by Gasteiger charge is -2.20. The third kappa shape index (κ3) is 4.94. The molecule has 3 aromatic carbocycles. The first-order valence-corrected chi connectivity index (χ1v) is 11.7. The van der Waals surface area contributed by atoms with Gasteiger partial charge in [-0.1, -0.05) is 54.6 Å². The molecular weight excluding hydrogens is 444 g/mol. The number of carbonyl (C=O) groups excluding carboxylic acids is 2. The number of para-hydroxylation sites is 1. The Morgan fingerprint density at radius 2 is 1.71 bits per heavy atom. The number of rotatable bonds is 7. The molecule has 7 nitrogen and oxygen atoms in total. The highest BCUT2D eigenvalue weighted by atomic mass is 16.7.